The fourth-order valence-corrected chi connectivity index (χ4v) is 4.55. The van der Waals surface area contributed by atoms with Gasteiger partial charge < -0.3 is 9.64 Å². The molecule has 1 unspecified atom stereocenters. The van der Waals surface area contributed by atoms with Crippen LogP contribution in [0.1, 0.15) is 17.2 Å². The van der Waals surface area contributed by atoms with Gasteiger partial charge in [-0.3, -0.25) is 9.69 Å². The SMILES string of the molecule is COC(=O)C(c1ccccc1Cl)N1CCN(c2cnn(Cc3ccccc3)c(=O)c2Cl)CC1. The number of carbonyl (C=O) groups is 1. The molecule has 1 fully saturated rings. The number of esters is 1. The van der Waals surface area contributed by atoms with Crippen LogP contribution < -0.4 is 10.5 Å². The molecule has 1 saturated heterocycles. The molecule has 7 nitrogen and oxygen atoms in total. The van der Waals surface area contributed by atoms with Crippen molar-refractivity contribution >= 4 is 34.9 Å². The van der Waals surface area contributed by atoms with Crippen LogP contribution in [0.25, 0.3) is 0 Å². The van der Waals surface area contributed by atoms with Crippen molar-refractivity contribution in [1.29, 1.82) is 0 Å². The number of halogens is 2. The second kappa shape index (κ2) is 10.4. The Morgan fingerprint density at radius 3 is 2.36 bits per heavy atom. The maximum absolute atomic E-state index is 12.8. The van der Waals surface area contributed by atoms with E-state index in [0.717, 1.165) is 5.56 Å². The molecule has 0 amide bonds. The molecular weight excluding hydrogens is 463 g/mol. The Hall–Kier alpha value is -2.87. The third kappa shape index (κ3) is 5.05. The minimum atomic E-state index is -0.599. The second-order valence-electron chi connectivity index (χ2n) is 7.76. The fourth-order valence-electron chi connectivity index (χ4n) is 4.05. The third-order valence-electron chi connectivity index (χ3n) is 5.79. The molecule has 1 atom stereocenters. The van der Waals surface area contributed by atoms with Crippen LogP contribution in [0.5, 0.6) is 0 Å². The molecule has 9 heteroatoms. The summed E-state index contributed by atoms with van der Waals surface area (Å²) in [5.74, 6) is -0.361. The molecule has 0 N–H and O–H groups in total. The lowest BCUT2D eigenvalue weighted by molar-refractivity contribution is -0.147. The zero-order valence-corrected chi connectivity index (χ0v) is 19.7. The maximum Gasteiger partial charge on any atom is 0.327 e. The van der Waals surface area contributed by atoms with E-state index in [0.29, 0.717) is 49.0 Å². The number of ether oxygens (including phenoxy) is 1. The number of anilines is 1. The molecule has 1 aliphatic rings. The summed E-state index contributed by atoms with van der Waals surface area (Å²) in [6, 6.07) is 16.3. The average Bonchev–Trinajstić information content (AvgIpc) is 2.84. The third-order valence-corrected chi connectivity index (χ3v) is 6.49. The summed E-state index contributed by atoms with van der Waals surface area (Å²) in [5.41, 5.74) is 1.95. The van der Waals surface area contributed by atoms with Crippen molar-refractivity contribution in [2.24, 2.45) is 0 Å². The van der Waals surface area contributed by atoms with Crippen LogP contribution in [0.2, 0.25) is 10.0 Å². The van der Waals surface area contributed by atoms with E-state index in [-0.39, 0.29) is 16.6 Å². The van der Waals surface area contributed by atoms with Gasteiger partial charge in [0.2, 0.25) is 0 Å². The predicted molar refractivity (Wildman–Crippen MR) is 129 cm³/mol. The highest BCUT2D eigenvalue weighted by Crippen LogP contribution is 2.31. The highest BCUT2D eigenvalue weighted by atomic mass is 35.5. The Morgan fingerprint density at radius 2 is 1.70 bits per heavy atom. The zero-order valence-electron chi connectivity index (χ0n) is 18.2. The van der Waals surface area contributed by atoms with E-state index in [1.54, 1.807) is 12.3 Å². The van der Waals surface area contributed by atoms with E-state index in [9.17, 15) is 9.59 Å². The molecule has 0 saturated carbocycles. The lowest BCUT2D eigenvalue weighted by atomic mass is 10.0. The minimum absolute atomic E-state index is 0.144. The predicted octanol–water partition coefficient (Wildman–Crippen LogP) is 3.63. The van der Waals surface area contributed by atoms with Crippen molar-refractivity contribution < 1.29 is 9.53 Å². The van der Waals surface area contributed by atoms with Gasteiger partial charge in [0, 0.05) is 31.2 Å². The number of benzene rings is 2. The number of aromatic nitrogens is 2. The number of hydrogen-bond donors (Lipinski definition) is 0. The first kappa shape index (κ1) is 23.3. The van der Waals surface area contributed by atoms with Gasteiger partial charge in [-0.15, -0.1) is 0 Å². The molecule has 2 heterocycles. The van der Waals surface area contributed by atoms with Gasteiger partial charge in [-0.2, -0.15) is 5.10 Å². The van der Waals surface area contributed by atoms with Crippen LogP contribution in [0.15, 0.2) is 65.6 Å². The van der Waals surface area contributed by atoms with Gasteiger partial charge in [-0.25, -0.2) is 9.48 Å². The minimum Gasteiger partial charge on any atom is -0.468 e. The smallest absolute Gasteiger partial charge is 0.327 e. The van der Waals surface area contributed by atoms with Crippen LogP contribution in [0.3, 0.4) is 0 Å². The molecule has 4 rings (SSSR count). The van der Waals surface area contributed by atoms with E-state index in [1.807, 2.05) is 58.3 Å². The number of rotatable bonds is 6. The monoisotopic (exact) mass is 486 g/mol. The Labute approximate surface area is 202 Å². The van der Waals surface area contributed by atoms with E-state index in [2.05, 4.69) is 5.10 Å². The van der Waals surface area contributed by atoms with Crippen LogP contribution in [-0.2, 0) is 16.1 Å². The van der Waals surface area contributed by atoms with E-state index in [1.165, 1.54) is 11.8 Å². The Balaban J connectivity index is 1.50. The molecule has 33 heavy (non-hydrogen) atoms. The Morgan fingerprint density at radius 1 is 1.03 bits per heavy atom. The number of piperazine rings is 1. The summed E-state index contributed by atoms with van der Waals surface area (Å²) in [7, 11) is 1.37. The summed E-state index contributed by atoms with van der Waals surface area (Å²) < 4.78 is 6.42. The van der Waals surface area contributed by atoms with E-state index < -0.39 is 6.04 Å². The van der Waals surface area contributed by atoms with Crippen LogP contribution in [-0.4, -0.2) is 53.9 Å². The molecule has 0 bridgehead atoms. The molecule has 1 aromatic heterocycles. The molecule has 0 radical (unpaired) electrons. The average molecular weight is 487 g/mol. The highest BCUT2D eigenvalue weighted by molar-refractivity contribution is 6.33. The van der Waals surface area contributed by atoms with Crippen LogP contribution in [0, 0.1) is 0 Å². The van der Waals surface area contributed by atoms with Gasteiger partial charge in [0.05, 0.1) is 25.5 Å². The van der Waals surface area contributed by atoms with Crippen molar-refractivity contribution in [1.82, 2.24) is 14.7 Å². The van der Waals surface area contributed by atoms with Crippen molar-refractivity contribution in [3.8, 4) is 0 Å². The summed E-state index contributed by atoms with van der Waals surface area (Å²) >= 11 is 12.8. The first-order valence-electron chi connectivity index (χ1n) is 10.6. The van der Waals surface area contributed by atoms with Crippen LogP contribution in [0.4, 0.5) is 5.69 Å². The van der Waals surface area contributed by atoms with Gasteiger partial charge in [0.25, 0.3) is 5.56 Å². The molecule has 3 aromatic rings. The Bertz CT molecular complexity index is 1180. The Kier molecular flexibility index (Phi) is 7.33. The molecule has 1 aliphatic heterocycles. The van der Waals surface area contributed by atoms with Crippen molar-refractivity contribution in [2.45, 2.75) is 12.6 Å². The van der Waals surface area contributed by atoms with Gasteiger partial charge in [0.1, 0.15) is 11.1 Å². The molecular formula is C24H24Cl2N4O3. The second-order valence-corrected chi connectivity index (χ2v) is 8.55. The summed E-state index contributed by atoms with van der Waals surface area (Å²) in [6.07, 6.45) is 1.63. The van der Waals surface area contributed by atoms with Crippen molar-refractivity contribution in [3.63, 3.8) is 0 Å². The normalized spacial score (nSPS) is 15.3. The largest absolute Gasteiger partial charge is 0.468 e. The highest BCUT2D eigenvalue weighted by Gasteiger charge is 2.33. The lowest BCUT2D eigenvalue weighted by Crippen LogP contribution is -2.50. The zero-order chi connectivity index (χ0) is 23.4. The quantitative estimate of drug-likeness (QED) is 0.495. The summed E-state index contributed by atoms with van der Waals surface area (Å²) in [5, 5.41) is 5.00. The van der Waals surface area contributed by atoms with Crippen LogP contribution >= 0.6 is 23.2 Å². The molecule has 0 aliphatic carbocycles. The van der Waals surface area contributed by atoms with Crippen molar-refractivity contribution in [2.75, 3.05) is 38.2 Å². The maximum atomic E-state index is 12.8. The van der Waals surface area contributed by atoms with Gasteiger partial charge in [-0.05, 0) is 17.2 Å². The first-order chi connectivity index (χ1) is 16.0. The van der Waals surface area contributed by atoms with E-state index >= 15 is 0 Å². The number of methoxy groups -OCH3 is 1. The topological polar surface area (TPSA) is 67.7 Å². The lowest BCUT2D eigenvalue weighted by Gasteiger charge is -2.39. The summed E-state index contributed by atoms with van der Waals surface area (Å²) in [6.45, 7) is 2.62. The number of carbonyl (C=O) groups excluding carboxylic acids is 1. The molecule has 0 spiro atoms. The first-order valence-corrected chi connectivity index (χ1v) is 11.4. The van der Waals surface area contributed by atoms with Gasteiger partial charge in [0.15, 0.2) is 0 Å². The van der Waals surface area contributed by atoms with E-state index in [4.69, 9.17) is 27.9 Å². The molecule has 172 valence electrons. The van der Waals surface area contributed by atoms with Gasteiger partial charge >= 0.3 is 5.97 Å². The molecule has 2 aromatic carbocycles. The van der Waals surface area contributed by atoms with Gasteiger partial charge in [-0.1, -0.05) is 71.7 Å². The standard InChI is InChI=1S/C24H24Cl2N4O3/c1-33-24(32)22(18-9-5-6-10-19(18)25)29-13-11-28(12-14-29)20-15-27-30(23(31)21(20)26)16-17-7-3-2-4-8-17/h2-10,15,22H,11-14,16H2,1H3. The van der Waals surface area contributed by atoms with Crippen molar-refractivity contribution in [3.05, 3.63) is 92.3 Å². The summed E-state index contributed by atoms with van der Waals surface area (Å²) in [4.78, 5) is 29.4. The fraction of sp³-hybridized carbons (Fsp3) is 0.292. The number of hydrogen-bond acceptors (Lipinski definition) is 6. The number of nitrogens with zero attached hydrogens (tertiary/aromatic N) is 4.